The highest BCUT2D eigenvalue weighted by Crippen LogP contribution is 2.34. The first-order valence-corrected chi connectivity index (χ1v) is 8.37. The third-order valence-corrected chi connectivity index (χ3v) is 4.05. The molecule has 0 fully saturated rings. The molecule has 4 nitrogen and oxygen atoms in total. The molecule has 0 saturated heterocycles. The maximum atomic E-state index is 12.1. The lowest BCUT2D eigenvalue weighted by Gasteiger charge is -2.19. The van der Waals surface area contributed by atoms with Gasteiger partial charge in [-0.15, -0.1) is 11.8 Å². The number of benzene rings is 1. The summed E-state index contributed by atoms with van der Waals surface area (Å²) in [6.07, 6.45) is 1.67. The van der Waals surface area contributed by atoms with Crippen LogP contribution in [0.5, 0.6) is 0 Å². The van der Waals surface area contributed by atoms with Crippen molar-refractivity contribution in [1.29, 1.82) is 5.26 Å². The summed E-state index contributed by atoms with van der Waals surface area (Å²) in [5.41, 5.74) is 1.03. The molecular formula is C18H25N3OS. The number of carbonyl (C=O) groups is 1. The fourth-order valence-electron chi connectivity index (χ4n) is 1.81. The van der Waals surface area contributed by atoms with Gasteiger partial charge < -0.3 is 10.2 Å². The van der Waals surface area contributed by atoms with E-state index in [9.17, 15) is 10.1 Å². The Kier molecular flexibility index (Phi) is 7.34. The fraction of sp³-hybridized carbons (Fsp3) is 0.444. The Labute approximate surface area is 143 Å². The molecule has 0 radical (unpaired) electrons. The molecule has 0 heterocycles. The highest BCUT2D eigenvalue weighted by atomic mass is 32.2. The summed E-state index contributed by atoms with van der Waals surface area (Å²) in [5, 5.41) is 12.1. The molecule has 0 aliphatic rings. The first-order chi connectivity index (χ1) is 10.7. The Morgan fingerprint density at radius 3 is 2.57 bits per heavy atom. The number of nitriles is 1. The van der Waals surface area contributed by atoms with Crippen LogP contribution in [0.3, 0.4) is 0 Å². The van der Waals surface area contributed by atoms with Crippen LogP contribution in [0.15, 0.2) is 34.7 Å². The minimum Gasteiger partial charge on any atom is -0.350 e. The quantitative estimate of drug-likeness (QED) is 0.494. The third kappa shape index (κ3) is 7.36. The molecule has 1 aromatic rings. The number of hydrogen-bond acceptors (Lipinski definition) is 4. The number of likely N-dealkylation sites (N-methyl/N-ethyl adjacent to an activating group) is 1. The lowest BCUT2D eigenvalue weighted by Crippen LogP contribution is -2.31. The standard InChI is InChI=1S/C18H25N3OS/c1-18(2,3)23-16-9-7-6-8-14(16)12-15(13-19)17(22)20-10-11-21(4)5/h6-9,12H,10-11H2,1-5H3,(H,20,22)/b15-12+. The zero-order chi connectivity index (χ0) is 17.5. The summed E-state index contributed by atoms with van der Waals surface area (Å²) in [7, 11) is 3.88. The molecule has 1 N–H and O–H groups in total. The molecular weight excluding hydrogens is 306 g/mol. The zero-order valence-corrected chi connectivity index (χ0v) is 15.3. The molecule has 0 spiro atoms. The summed E-state index contributed by atoms with van der Waals surface area (Å²) in [5.74, 6) is -0.329. The Morgan fingerprint density at radius 1 is 1.35 bits per heavy atom. The number of hydrogen-bond donors (Lipinski definition) is 1. The van der Waals surface area contributed by atoms with Gasteiger partial charge in [-0.05, 0) is 31.8 Å². The lowest BCUT2D eigenvalue weighted by atomic mass is 10.1. The summed E-state index contributed by atoms with van der Waals surface area (Å²) in [6, 6.07) is 9.83. The van der Waals surface area contributed by atoms with Crippen molar-refractivity contribution in [3.63, 3.8) is 0 Å². The lowest BCUT2D eigenvalue weighted by molar-refractivity contribution is -0.117. The average Bonchev–Trinajstić information content (AvgIpc) is 2.44. The SMILES string of the molecule is CN(C)CCNC(=O)/C(C#N)=C/c1ccccc1SC(C)(C)C. The molecule has 0 bridgehead atoms. The molecule has 124 valence electrons. The number of amides is 1. The van der Waals surface area contributed by atoms with Crippen LogP contribution in [0.1, 0.15) is 26.3 Å². The van der Waals surface area contributed by atoms with Crippen molar-refractivity contribution in [2.24, 2.45) is 0 Å². The number of thioether (sulfide) groups is 1. The van der Waals surface area contributed by atoms with Gasteiger partial charge in [0.15, 0.2) is 0 Å². The predicted molar refractivity (Wildman–Crippen MR) is 97.2 cm³/mol. The monoisotopic (exact) mass is 331 g/mol. The minimum atomic E-state index is -0.329. The van der Waals surface area contributed by atoms with E-state index in [1.165, 1.54) is 0 Å². The minimum absolute atomic E-state index is 0.0602. The zero-order valence-electron chi connectivity index (χ0n) is 14.5. The van der Waals surface area contributed by atoms with Gasteiger partial charge in [-0.2, -0.15) is 5.26 Å². The van der Waals surface area contributed by atoms with E-state index in [0.29, 0.717) is 6.54 Å². The smallest absolute Gasteiger partial charge is 0.261 e. The van der Waals surface area contributed by atoms with Gasteiger partial charge in [0.2, 0.25) is 0 Å². The van der Waals surface area contributed by atoms with E-state index in [1.54, 1.807) is 17.8 Å². The van der Waals surface area contributed by atoms with Crippen molar-refractivity contribution in [2.45, 2.75) is 30.4 Å². The molecule has 0 aliphatic carbocycles. The summed E-state index contributed by atoms with van der Waals surface area (Å²) >= 11 is 1.72. The van der Waals surface area contributed by atoms with Crippen molar-refractivity contribution < 1.29 is 4.79 Å². The number of carbonyl (C=O) groups excluding carboxylic acids is 1. The van der Waals surface area contributed by atoms with E-state index < -0.39 is 0 Å². The van der Waals surface area contributed by atoms with Crippen LogP contribution < -0.4 is 5.32 Å². The number of rotatable bonds is 6. The van der Waals surface area contributed by atoms with E-state index in [1.807, 2.05) is 49.3 Å². The van der Waals surface area contributed by atoms with E-state index in [2.05, 4.69) is 26.1 Å². The van der Waals surface area contributed by atoms with Crippen molar-refractivity contribution in [3.05, 3.63) is 35.4 Å². The topological polar surface area (TPSA) is 56.1 Å². The third-order valence-electron chi connectivity index (χ3n) is 2.84. The van der Waals surface area contributed by atoms with Crippen LogP contribution in [0.2, 0.25) is 0 Å². The van der Waals surface area contributed by atoms with Crippen LogP contribution in [0, 0.1) is 11.3 Å². The Morgan fingerprint density at radius 2 is 2.00 bits per heavy atom. The van der Waals surface area contributed by atoms with Gasteiger partial charge in [-0.25, -0.2) is 0 Å². The second-order valence-corrected chi connectivity index (χ2v) is 8.35. The van der Waals surface area contributed by atoms with Gasteiger partial charge in [0.05, 0.1) is 0 Å². The summed E-state index contributed by atoms with van der Waals surface area (Å²) < 4.78 is 0.0602. The number of nitrogens with zero attached hydrogens (tertiary/aromatic N) is 2. The van der Waals surface area contributed by atoms with E-state index in [4.69, 9.17) is 0 Å². The Hall–Kier alpha value is -1.77. The van der Waals surface area contributed by atoms with Crippen molar-refractivity contribution in [2.75, 3.05) is 27.2 Å². The van der Waals surface area contributed by atoms with Crippen LogP contribution in [0.4, 0.5) is 0 Å². The van der Waals surface area contributed by atoms with Crippen LogP contribution in [-0.2, 0) is 4.79 Å². The molecule has 0 aromatic heterocycles. The van der Waals surface area contributed by atoms with Gasteiger partial charge in [0, 0.05) is 22.7 Å². The molecule has 5 heteroatoms. The molecule has 1 rings (SSSR count). The highest BCUT2D eigenvalue weighted by molar-refractivity contribution is 8.00. The van der Waals surface area contributed by atoms with Crippen LogP contribution >= 0.6 is 11.8 Å². The summed E-state index contributed by atoms with van der Waals surface area (Å²) in [6.45, 7) is 7.66. The van der Waals surface area contributed by atoms with Gasteiger partial charge in [0.1, 0.15) is 11.6 Å². The average molecular weight is 331 g/mol. The van der Waals surface area contributed by atoms with Crippen molar-refractivity contribution >= 4 is 23.7 Å². The van der Waals surface area contributed by atoms with Gasteiger partial charge in [0.25, 0.3) is 5.91 Å². The Balaban J connectivity index is 2.94. The van der Waals surface area contributed by atoms with E-state index >= 15 is 0 Å². The Bertz CT molecular complexity index is 609. The summed E-state index contributed by atoms with van der Waals surface area (Å²) in [4.78, 5) is 15.2. The highest BCUT2D eigenvalue weighted by Gasteiger charge is 2.15. The molecule has 1 aromatic carbocycles. The second-order valence-electron chi connectivity index (χ2n) is 6.48. The van der Waals surface area contributed by atoms with Crippen LogP contribution in [-0.4, -0.2) is 42.7 Å². The first-order valence-electron chi connectivity index (χ1n) is 7.55. The second kappa shape index (κ2) is 8.76. The van der Waals surface area contributed by atoms with Crippen LogP contribution in [0.25, 0.3) is 6.08 Å². The molecule has 0 saturated carbocycles. The van der Waals surface area contributed by atoms with E-state index in [0.717, 1.165) is 17.0 Å². The number of nitrogens with one attached hydrogen (secondary N) is 1. The fourth-order valence-corrected chi connectivity index (χ4v) is 2.87. The van der Waals surface area contributed by atoms with Gasteiger partial charge in [-0.1, -0.05) is 39.0 Å². The molecule has 0 unspecified atom stereocenters. The maximum Gasteiger partial charge on any atom is 0.261 e. The molecule has 23 heavy (non-hydrogen) atoms. The molecule has 0 aliphatic heterocycles. The van der Waals surface area contributed by atoms with Gasteiger partial charge >= 0.3 is 0 Å². The maximum absolute atomic E-state index is 12.1. The van der Waals surface area contributed by atoms with Crippen molar-refractivity contribution in [1.82, 2.24) is 10.2 Å². The first kappa shape index (κ1) is 19.3. The molecule has 0 atom stereocenters. The molecule has 1 amide bonds. The largest absolute Gasteiger partial charge is 0.350 e. The normalized spacial score (nSPS) is 12.1. The van der Waals surface area contributed by atoms with Crippen molar-refractivity contribution in [3.8, 4) is 6.07 Å². The van der Waals surface area contributed by atoms with Gasteiger partial charge in [-0.3, -0.25) is 4.79 Å². The predicted octanol–water partition coefficient (Wildman–Crippen LogP) is 3.16. The van der Waals surface area contributed by atoms with E-state index in [-0.39, 0.29) is 16.2 Å².